The second kappa shape index (κ2) is 8.26. The fraction of sp³-hybridized carbons (Fsp3) is 0.0476. The lowest BCUT2D eigenvalue weighted by Gasteiger charge is -2.06. The van der Waals surface area contributed by atoms with Crippen LogP contribution in [0.15, 0.2) is 59.7 Å². The van der Waals surface area contributed by atoms with Gasteiger partial charge in [-0.25, -0.2) is 9.98 Å². The lowest BCUT2D eigenvalue weighted by molar-refractivity contribution is -0.394. The van der Waals surface area contributed by atoms with E-state index >= 15 is 0 Å². The Labute approximate surface area is 185 Å². The van der Waals surface area contributed by atoms with Crippen LogP contribution in [0.5, 0.6) is 17.2 Å². The van der Waals surface area contributed by atoms with Crippen molar-refractivity contribution in [1.29, 1.82) is 0 Å². The first-order valence-electron chi connectivity index (χ1n) is 9.34. The number of pyridine rings is 1. The van der Waals surface area contributed by atoms with Gasteiger partial charge in [0.25, 0.3) is 5.69 Å². The van der Waals surface area contributed by atoms with Crippen molar-refractivity contribution in [2.24, 2.45) is 4.99 Å². The van der Waals surface area contributed by atoms with Crippen molar-refractivity contribution in [2.75, 3.05) is 7.11 Å². The van der Waals surface area contributed by atoms with Gasteiger partial charge in [0, 0.05) is 29.6 Å². The summed E-state index contributed by atoms with van der Waals surface area (Å²) in [4.78, 5) is 29.6. The van der Waals surface area contributed by atoms with Gasteiger partial charge in [-0.05, 0) is 30.3 Å². The third-order valence-electron chi connectivity index (χ3n) is 4.80. The molecule has 2 N–H and O–H groups in total. The molecule has 12 heteroatoms. The average molecular weight is 449 g/mol. The Morgan fingerprint density at radius 3 is 2.58 bits per heavy atom. The summed E-state index contributed by atoms with van der Waals surface area (Å²) in [7, 11) is 1.40. The van der Waals surface area contributed by atoms with Crippen LogP contribution in [0.1, 0.15) is 5.56 Å². The Bertz CT molecular complexity index is 1440. The van der Waals surface area contributed by atoms with E-state index in [9.17, 15) is 30.4 Å². The molecule has 4 aromatic rings. The first-order valence-corrected chi connectivity index (χ1v) is 9.34. The Balaban J connectivity index is 1.91. The van der Waals surface area contributed by atoms with Crippen LogP contribution >= 0.6 is 0 Å². The van der Waals surface area contributed by atoms with Gasteiger partial charge in [0.2, 0.25) is 5.75 Å². The molecule has 4 rings (SSSR count). The predicted octanol–water partition coefficient (Wildman–Crippen LogP) is 3.99. The minimum absolute atomic E-state index is 0.0658. The van der Waals surface area contributed by atoms with Gasteiger partial charge in [-0.3, -0.25) is 24.6 Å². The molecule has 0 aliphatic rings. The molecule has 0 saturated carbocycles. The van der Waals surface area contributed by atoms with Gasteiger partial charge in [0.15, 0.2) is 17.3 Å². The van der Waals surface area contributed by atoms with Crippen molar-refractivity contribution in [3.8, 4) is 28.5 Å². The topological polar surface area (TPSA) is 166 Å². The summed E-state index contributed by atoms with van der Waals surface area (Å²) in [5.41, 5.74) is -0.128. The monoisotopic (exact) mass is 449 g/mol. The molecule has 0 bridgehead atoms. The minimum Gasteiger partial charge on any atom is -0.504 e. The second-order valence-electron chi connectivity index (χ2n) is 6.77. The van der Waals surface area contributed by atoms with E-state index in [0.29, 0.717) is 23.0 Å². The van der Waals surface area contributed by atoms with E-state index in [1.54, 1.807) is 40.9 Å². The molecule has 0 radical (unpaired) electrons. The first kappa shape index (κ1) is 21.2. The zero-order valence-electron chi connectivity index (χ0n) is 16.9. The van der Waals surface area contributed by atoms with Crippen LogP contribution in [0, 0.1) is 20.2 Å². The van der Waals surface area contributed by atoms with Crippen LogP contribution < -0.4 is 4.74 Å². The number of imidazole rings is 1. The van der Waals surface area contributed by atoms with Crippen molar-refractivity contribution in [3.63, 3.8) is 0 Å². The number of nitro groups is 2. The Hall–Kier alpha value is -5.00. The number of rotatable bonds is 6. The summed E-state index contributed by atoms with van der Waals surface area (Å²) < 4.78 is 6.79. The summed E-state index contributed by atoms with van der Waals surface area (Å²) >= 11 is 0. The lowest BCUT2D eigenvalue weighted by Crippen LogP contribution is -1.96. The van der Waals surface area contributed by atoms with Crippen molar-refractivity contribution < 1.29 is 24.8 Å². The highest BCUT2D eigenvalue weighted by Gasteiger charge is 2.23. The minimum atomic E-state index is -0.915. The molecule has 2 heterocycles. The van der Waals surface area contributed by atoms with E-state index in [1.165, 1.54) is 13.2 Å². The fourth-order valence-electron chi connectivity index (χ4n) is 3.22. The number of ether oxygens (including phenoxy) is 1. The molecule has 166 valence electrons. The molecule has 0 spiro atoms. The van der Waals surface area contributed by atoms with Crippen LogP contribution in [0.25, 0.3) is 16.9 Å². The van der Waals surface area contributed by atoms with Crippen LogP contribution in [-0.2, 0) is 0 Å². The second-order valence-corrected chi connectivity index (χ2v) is 6.77. The number of benzene rings is 2. The van der Waals surface area contributed by atoms with Gasteiger partial charge in [-0.2, -0.15) is 0 Å². The fourth-order valence-corrected chi connectivity index (χ4v) is 3.22. The molecule has 2 aromatic heterocycles. The zero-order chi connectivity index (χ0) is 23.7. The summed E-state index contributed by atoms with van der Waals surface area (Å²) in [5.74, 6) is -0.321. The zero-order valence-corrected chi connectivity index (χ0v) is 16.9. The van der Waals surface area contributed by atoms with Gasteiger partial charge in [-0.1, -0.05) is 6.07 Å². The van der Waals surface area contributed by atoms with E-state index in [-0.39, 0.29) is 22.9 Å². The molecule has 12 nitrogen and oxygen atoms in total. The maximum atomic E-state index is 11.2. The maximum absolute atomic E-state index is 11.2. The molecule has 0 saturated heterocycles. The van der Waals surface area contributed by atoms with Crippen molar-refractivity contribution in [1.82, 2.24) is 9.38 Å². The van der Waals surface area contributed by atoms with Crippen LogP contribution in [-0.4, -0.2) is 42.8 Å². The molecule has 0 unspecified atom stereocenters. The third kappa shape index (κ3) is 3.87. The summed E-state index contributed by atoms with van der Waals surface area (Å²) in [6.45, 7) is 0. The summed E-state index contributed by atoms with van der Waals surface area (Å²) in [6, 6.07) is 11.5. The van der Waals surface area contributed by atoms with Crippen LogP contribution in [0.3, 0.4) is 0 Å². The Kier molecular flexibility index (Phi) is 5.32. The molecular weight excluding hydrogens is 434 g/mol. The number of phenolic OH excluding ortho intramolecular Hbond substituents is 2. The van der Waals surface area contributed by atoms with Gasteiger partial charge in [0.05, 0.1) is 23.0 Å². The number of nitro benzene ring substituents is 2. The standard InChI is InChI=1S/C21H15N5O7/c1-33-17-9-12(5-6-16(17)27)19-21(24-7-3-2-4-18(24)23-19)22-11-13-8-14(25(29)30)10-15(20(13)28)26(31)32/h2-11,27-28H,1H3/b22-11+. The quantitative estimate of drug-likeness (QED) is 0.253. The van der Waals surface area contributed by atoms with Crippen molar-refractivity contribution in [2.45, 2.75) is 0 Å². The van der Waals surface area contributed by atoms with Gasteiger partial charge in [0.1, 0.15) is 11.3 Å². The number of aromatic hydroxyl groups is 2. The SMILES string of the molecule is COc1cc(-c2nc3ccccn3c2/N=C/c2cc([N+](=O)[O-])cc([N+](=O)[O-])c2O)ccc1O. The molecule has 2 aromatic carbocycles. The summed E-state index contributed by atoms with van der Waals surface area (Å²) in [6.07, 6.45) is 2.78. The number of hydrogen-bond acceptors (Lipinski definition) is 9. The first-order chi connectivity index (χ1) is 15.8. The van der Waals surface area contributed by atoms with E-state index in [4.69, 9.17) is 4.74 Å². The number of methoxy groups -OCH3 is 1. The van der Waals surface area contributed by atoms with Crippen molar-refractivity contribution >= 4 is 29.1 Å². The smallest absolute Gasteiger partial charge is 0.318 e. The van der Waals surface area contributed by atoms with Crippen molar-refractivity contribution in [3.05, 3.63) is 80.5 Å². The molecule has 33 heavy (non-hydrogen) atoms. The van der Waals surface area contributed by atoms with E-state index in [2.05, 4.69) is 9.98 Å². The normalized spacial score (nSPS) is 11.2. The predicted molar refractivity (Wildman–Crippen MR) is 118 cm³/mol. The molecule has 0 fully saturated rings. The number of non-ortho nitro benzene ring substituents is 1. The maximum Gasteiger partial charge on any atom is 0.318 e. The highest BCUT2D eigenvalue weighted by atomic mass is 16.6. The third-order valence-corrected chi connectivity index (χ3v) is 4.80. The lowest BCUT2D eigenvalue weighted by atomic mass is 10.1. The number of aromatic nitrogens is 2. The number of nitrogens with zero attached hydrogens (tertiary/aromatic N) is 5. The van der Waals surface area contributed by atoms with Gasteiger partial charge >= 0.3 is 5.69 Å². The van der Waals surface area contributed by atoms with E-state index < -0.39 is 27.0 Å². The largest absolute Gasteiger partial charge is 0.504 e. The average Bonchev–Trinajstić information content (AvgIpc) is 3.17. The Morgan fingerprint density at radius 1 is 1.09 bits per heavy atom. The van der Waals surface area contributed by atoms with Crippen LogP contribution in [0.4, 0.5) is 17.2 Å². The van der Waals surface area contributed by atoms with Gasteiger partial charge < -0.3 is 14.9 Å². The molecule has 0 aliphatic heterocycles. The van der Waals surface area contributed by atoms with Crippen LogP contribution in [0.2, 0.25) is 0 Å². The van der Waals surface area contributed by atoms with E-state index in [1.807, 2.05) is 0 Å². The number of phenols is 2. The number of fused-ring (bicyclic) bond motifs is 1. The summed E-state index contributed by atoms with van der Waals surface area (Å²) in [5, 5.41) is 42.6. The molecule has 0 aliphatic carbocycles. The molecular formula is C21H15N5O7. The molecule has 0 atom stereocenters. The number of hydrogen-bond donors (Lipinski definition) is 2. The van der Waals surface area contributed by atoms with E-state index in [0.717, 1.165) is 12.3 Å². The number of aliphatic imine (C=N–C) groups is 1. The highest BCUT2D eigenvalue weighted by Crippen LogP contribution is 2.37. The molecule has 0 amide bonds. The highest BCUT2D eigenvalue weighted by molar-refractivity contribution is 5.90. The Morgan fingerprint density at radius 2 is 1.88 bits per heavy atom. The van der Waals surface area contributed by atoms with Gasteiger partial charge in [-0.15, -0.1) is 0 Å².